The van der Waals surface area contributed by atoms with Crippen LogP contribution in [0.1, 0.15) is 34.6 Å². The number of nitrogens with one attached hydrogen (secondary N) is 1. The Kier molecular flexibility index (Phi) is 5.35. The number of hydrogen-bond donors (Lipinski definition) is 1. The van der Waals surface area contributed by atoms with Gasteiger partial charge in [-0.2, -0.15) is 5.01 Å². The maximum atomic E-state index is 12.5. The molecule has 0 aliphatic carbocycles. The van der Waals surface area contributed by atoms with Crippen molar-refractivity contribution in [2.45, 2.75) is 13.2 Å². The summed E-state index contributed by atoms with van der Waals surface area (Å²) in [6.45, 7) is 1.57. The van der Waals surface area contributed by atoms with Gasteiger partial charge in [-0.1, -0.05) is 17.7 Å². The number of amides is 2. The summed E-state index contributed by atoms with van der Waals surface area (Å²) in [5.74, 6) is 0.924. The molecule has 0 aromatic heterocycles. The molecule has 0 spiro atoms. The number of anilines is 1. The highest BCUT2D eigenvalue weighted by atomic mass is 35.5. The second kappa shape index (κ2) is 8.48. The van der Waals surface area contributed by atoms with E-state index in [9.17, 15) is 9.59 Å². The summed E-state index contributed by atoms with van der Waals surface area (Å²) in [5.41, 5.74) is 2.34. The number of nitrogens with zero attached hydrogens (tertiary/aromatic N) is 2. The minimum absolute atomic E-state index is 0.150. The Balaban J connectivity index is 1.38. The monoisotopic (exact) mass is 463 g/mol. The minimum atomic E-state index is -0.751. The van der Waals surface area contributed by atoms with Crippen molar-refractivity contribution in [3.63, 3.8) is 0 Å². The van der Waals surface area contributed by atoms with Crippen LogP contribution in [0.25, 0.3) is 0 Å². The highest BCUT2D eigenvalue weighted by molar-refractivity contribution is 6.30. The summed E-state index contributed by atoms with van der Waals surface area (Å²) < 4.78 is 16.8. The van der Waals surface area contributed by atoms with E-state index in [-0.39, 0.29) is 24.5 Å². The molecule has 3 aromatic rings. The van der Waals surface area contributed by atoms with Crippen molar-refractivity contribution in [2.24, 2.45) is 5.10 Å². The highest BCUT2D eigenvalue weighted by Gasteiger charge is 2.34. The van der Waals surface area contributed by atoms with Crippen LogP contribution >= 0.6 is 11.6 Å². The van der Waals surface area contributed by atoms with E-state index in [0.29, 0.717) is 38.9 Å². The first-order chi connectivity index (χ1) is 16.0. The molecule has 0 saturated carbocycles. The molecule has 1 atom stereocenters. The molecule has 1 unspecified atom stereocenters. The van der Waals surface area contributed by atoms with Crippen molar-refractivity contribution in [1.82, 2.24) is 5.01 Å². The van der Waals surface area contributed by atoms with Crippen LogP contribution in [-0.4, -0.2) is 29.5 Å². The molecule has 33 heavy (non-hydrogen) atoms. The Morgan fingerprint density at radius 2 is 1.82 bits per heavy atom. The van der Waals surface area contributed by atoms with Gasteiger partial charge in [-0.25, -0.2) is 0 Å². The second-order valence-electron chi connectivity index (χ2n) is 7.39. The Morgan fingerprint density at radius 3 is 2.61 bits per heavy atom. The van der Waals surface area contributed by atoms with Gasteiger partial charge in [0.1, 0.15) is 0 Å². The molecule has 2 aliphatic heterocycles. The van der Waals surface area contributed by atoms with E-state index in [1.54, 1.807) is 66.7 Å². The number of carbonyl (C=O) groups is 2. The van der Waals surface area contributed by atoms with Crippen LogP contribution in [0.15, 0.2) is 71.8 Å². The lowest BCUT2D eigenvalue weighted by Crippen LogP contribution is -2.25. The van der Waals surface area contributed by atoms with Crippen LogP contribution in [0.4, 0.5) is 5.69 Å². The predicted octanol–water partition coefficient (Wildman–Crippen LogP) is 4.56. The number of rotatable bonds is 4. The molecule has 5 rings (SSSR count). The van der Waals surface area contributed by atoms with E-state index in [0.717, 1.165) is 0 Å². The van der Waals surface area contributed by atoms with E-state index in [1.165, 1.54) is 11.9 Å². The molecule has 0 radical (unpaired) electrons. The van der Waals surface area contributed by atoms with Crippen molar-refractivity contribution in [2.75, 3.05) is 12.1 Å². The lowest BCUT2D eigenvalue weighted by atomic mass is 10.1. The predicted molar refractivity (Wildman–Crippen MR) is 121 cm³/mol. The summed E-state index contributed by atoms with van der Waals surface area (Å²) in [6.07, 6.45) is -0.751. The number of fused-ring (bicyclic) bond motifs is 1. The van der Waals surface area contributed by atoms with Crippen LogP contribution in [0, 0.1) is 0 Å². The van der Waals surface area contributed by atoms with E-state index >= 15 is 0 Å². The van der Waals surface area contributed by atoms with Gasteiger partial charge in [-0.15, -0.1) is 5.10 Å². The lowest BCUT2D eigenvalue weighted by Gasteiger charge is -2.19. The van der Waals surface area contributed by atoms with Crippen LogP contribution in [0.2, 0.25) is 5.02 Å². The van der Waals surface area contributed by atoms with Crippen molar-refractivity contribution >= 4 is 35.0 Å². The third-order valence-corrected chi connectivity index (χ3v) is 5.37. The number of hydrogen-bond acceptors (Lipinski definition) is 6. The van der Waals surface area contributed by atoms with E-state index < -0.39 is 6.23 Å². The Bertz CT molecular complexity index is 1280. The number of hydrazone groups is 1. The van der Waals surface area contributed by atoms with Crippen LogP contribution in [0.3, 0.4) is 0 Å². The summed E-state index contributed by atoms with van der Waals surface area (Å²) in [4.78, 5) is 24.8. The minimum Gasteiger partial charge on any atom is -0.454 e. The van der Waals surface area contributed by atoms with Gasteiger partial charge in [0.05, 0.1) is 0 Å². The summed E-state index contributed by atoms with van der Waals surface area (Å²) >= 11 is 5.89. The number of ether oxygens (including phenoxy) is 3. The summed E-state index contributed by atoms with van der Waals surface area (Å²) in [5, 5.41) is 9.04. The fourth-order valence-electron chi connectivity index (χ4n) is 3.50. The van der Waals surface area contributed by atoms with Crippen LogP contribution in [-0.2, 0) is 9.53 Å². The molecular weight excluding hydrogens is 446 g/mol. The van der Waals surface area contributed by atoms with Gasteiger partial charge in [-0.05, 0) is 60.7 Å². The van der Waals surface area contributed by atoms with Crippen molar-refractivity contribution in [1.29, 1.82) is 0 Å². The van der Waals surface area contributed by atoms with Gasteiger partial charge in [0, 0.05) is 34.3 Å². The topological polar surface area (TPSA) is 89.5 Å². The van der Waals surface area contributed by atoms with Gasteiger partial charge in [-0.3, -0.25) is 9.59 Å². The number of carbonyl (C=O) groups excluding carboxylic acids is 2. The number of halogens is 1. The molecule has 9 heteroatoms. The quantitative estimate of drug-likeness (QED) is 0.612. The van der Waals surface area contributed by atoms with Gasteiger partial charge in [0.25, 0.3) is 5.91 Å². The van der Waals surface area contributed by atoms with Crippen LogP contribution < -0.4 is 14.8 Å². The third-order valence-electron chi connectivity index (χ3n) is 5.12. The molecule has 0 bridgehead atoms. The van der Waals surface area contributed by atoms with Crippen molar-refractivity contribution in [3.8, 4) is 11.5 Å². The smallest absolute Gasteiger partial charge is 0.255 e. The zero-order chi connectivity index (χ0) is 22.9. The normalized spacial score (nSPS) is 16.2. The Morgan fingerprint density at radius 1 is 1.03 bits per heavy atom. The fourth-order valence-corrected chi connectivity index (χ4v) is 3.63. The molecule has 0 fully saturated rings. The SMILES string of the molecule is CC(=O)N1N=C(c2cccc(NC(=O)c3ccc(Cl)cc3)c2)OC1c1ccc2c(c1)OCO2. The highest BCUT2D eigenvalue weighted by Crippen LogP contribution is 2.38. The van der Waals surface area contributed by atoms with Gasteiger partial charge in [0.2, 0.25) is 24.8 Å². The standard InChI is InChI=1S/C24H18ClN3O5/c1-14(29)28-24(17-7-10-20-21(12-17)32-13-31-20)33-23(27-28)16-3-2-4-19(11-16)26-22(30)15-5-8-18(25)9-6-15/h2-12,24H,13H2,1H3,(H,26,30). The van der Waals surface area contributed by atoms with E-state index in [4.69, 9.17) is 25.8 Å². The molecule has 3 aromatic carbocycles. The van der Waals surface area contributed by atoms with Crippen molar-refractivity contribution < 1.29 is 23.8 Å². The molecule has 2 heterocycles. The van der Waals surface area contributed by atoms with E-state index in [2.05, 4.69) is 10.4 Å². The zero-order valence-corrected chi connectivity index (χ0v) is 18.2. The zero-order valence-electron chi connectivity index (χ0n) is 17.4. The first kappa shape index (κ1) is 20.8. The average Bonchev–Trinajstić information content (AvgIpc) is 3.46. The maximum absolute atomic E-state index is 12.5. The third kappa shape index (κ3) is 4.20. The largest absolute Gasteiger partial charge is 0.454 e. The molecule has 166 valence electrons. The van der Waals surface area contributed by atoms with Crippen LogP contribution in [0.5, 0.6) is 11.5 Å². The Hall–Kier alpha value is -4.04. The Labute approximate surface area is 194 Å². The van der Waals surface area contributed by atoms with Gasteiger partial charge in [0.15, 0.2) is 11.5 Å². The first-order valence-corrected chi connectivity index (χ1v) is 10.5. The fraction of sp³-hybridized carbons (Fsp3) is 0.125. The number of benzene rings is 3. The maximum Gasteiger partial charge on any atom is 0.255 e. The molecule has 1 N–H and O–H groups in total. The molecule has 2 amide bonds. The summed E-state index contributed by atoms with van der Waals surface area (Å²) in [6, 6.07) is 19.0. The van der Waals surface area contributed by atoms with Gasteiger partial charge < -0.3 is 19.5 Å². The molecule has 8 nitrogen and oxygen atoms in total. The summed E-state index contributed by atoms with van der Waals surface area (Å²) in [7, 11) is 0. The molecule has 0 saturated heterocycles. The van der Waals surface area contributed by atoms with Gasteiger partial charge >= 0.3 is 0 Å². The first-order valence-electron chi connectivity index (χ1n) is 10.1. The lowest BCUT2D eigenvalue weighted by molar-refractivity contribution is -0.135. The van der Waals surface area contributed by atoms with E-state index in [1.807, 2.05) is 0 Å². The second-order valence-corrected chi connectivity index (χ2v) is 7.83. The molecule has 2 aliphatic rings. The average molecular weight is 464 g/mol. The molecular formula is C24H18ClN3O5. The van der Waals surface area contributed by atoms with Crippen molar-refractivity contribution in [3.05, 3.63) is 88.4 Å².